The second-order valence-electron chi connectivity index (χ2n) is 12.9. The zero-order valence-corrected chi connectivity index (χ0v) is 26.5. The highest BCUT2D eigenvalue weighted by Gasteiger charge is 2.22. The van der Waals surface area contributed by atoms with Crippen molar-refractivity contribution in [3.8, 4) is 22.5 Å². The fourth-order valence-electron chi connectivity index (χ4n) is 8.24. The van der Waals surface area contributed by atoms with Crippen molar-refractivity contribution in [2.24, 2.45) is 0 Å². The first-order chi connectivity index (χ1) is 24.3. The zero-order valence-electron chi connectivity index (χ0n) is 26.5. The van der Waals surface area contributed by atoms with Crippen molar-refractivity contribution in [2.45, 2.75) is 0 Å². The monoisotopic (exact) mass is 624 g/mol. The maximum Gasteiger partial charge on any atom is 0.136 e. The van der Waals surface area contributed by atoms with Gasteiger partial charge in [-0.2, -0.15) is 0 Å². The van der Waals surface area contributed by atoms with Gasteiger partial charge in [0.15, 0.2) is 0 Å². The van der Waals surface area contributed by atoms with Gasteiger partial charge in [-0.3, -0.25) is 0 Å². The van der Waals surface area contributed by atoms with Crippen LogP contribution < -0.4 is 0 Å². The zero-order chi connectivity index (χ0) is 32.1. The van der Waals surface area contributed by atoms with Crippen LogP contribution in [0.4, 0.5) is 0 Å². The van der Waals surface area contributed by atoms with Gasteiger partial charge in [0, 0.05) is 49.1 Å². The lowest BCUT2D eigenvalue weighted by atomic mass is 9.99. The van der Waals surface area contributed by atoms with Gasteiger partial charge in [0.1, 0.15) is 11.2 Å². The van der Waals surface area contributed by atoms with Crippen LogP contribution in [-0.2, 0) is 0 Å². The predicted octanol–water partition coefficient (Wildman–Crippen LogP) is 12.6. The molecule has 0 unspecified atom stereocenters. The minimum Gasteiger partial charge on any atom is -0.456 e. The maximum absolute atomic E-state index is 6.23. The Hall–Kier alpha value is -6.58. The van der Waals surface area contributed by atoms with Crippen molar-refractivity contribution in [3.05, 3.63) is 170 Å². The fourth-order valence-corrected chi connectivity index (χ4v) is 8.24. The van der Waals surface area contributed by atoms with Crippen molar-refractivity contribution in [2.75, 3.05) is 0 Å². The topological polar surface area (TPSA) is 23.0 Å². The molecule has 0 bridgehead atoms. The second-order valence-corrected chi connectivity index (χ2v) is 12.9. The predicted molar refractivity (Wildman–Crippen MR) is 205 cm³/mol. The Balaban J connectivity index is 1.23. The molecule has 228 valence electrons. The van der Waals surface area contributed by atoms with Crippen LogP contribution in [0, 0.1) is 0 Å². The van der Waals surface area contributed by atoms with E-state index in [1.165, 1.54) is 59.9 Å². The van der Waals surface area contributed by atoms with Crippen molar-refractivity contribution in [1.82, 2.24) is 9.13 Å². The second kappa shape index (κ2) is 9.96. The summed E-state index contributed by atoms with van der Waals surface area (Å²) in [5, 5.41) is 9.80. The molecule has 0 saturated carbocycles. The molecular weight excluding hydrogens is 597 g/mol. The Morgan fingerprint density at radius 3 is 1.90 bits per heavy atom. The fraction of sp³-hybridized carbons (Fsp3) is 0. The van der Waals surface area contributed by atoms with Gasteiger partial charge in [-0.15, -0.1) is 0 Å². The number of para-hydroxylation sites is 3. The molecule has 0 radical (unpaired) electrons. The van der Waals surface area contributed by atoms with Crippen molar-refractivity contribution in [1.29, 1.82) is 0 Å². The summed E-state index contributed by atoms with van der Waals surface area (Å²) in [6, 6.07) is 61.2. The van der Waals surface area contributed by atoms with E-state index in [-0.39, 0.29) is 0 Å². The highest BCUT2D eigenvalue weighted by Crippen LogP contribution is 2.44. The minimum absolute atomic E-state index is 0.912. The molecule has 8 aromatic carbocycles. The van der Waals surface area contributed by atoms with Crippen LogP contribution in [0.1, 0.15) is 0 Å². The van der Waals surface area contributed by atoms with Gasteiger partial charge in [-0.05, 0) is 65.0 Å². The molecule has 0 spiro atoms. The van der Waals surface area contributed by atoms with E-state index in [9.17, 15) is 0 Å². The number of furan rings is 1. The third-order valence-corrected chi connectivity index (χ3v) is 10.3. The molecule has 0 atom stereocenters. The van der Waals surface area contributed by atoms with Crippen LogP contribution in [-0.4, -0.2) is 9.13 Å². The summed E-state index contributed by atoms with van der Waals surface area (Å²) in [4.78, 5) is 0. The minimum atomic E-state index is 0.912. The molecule has 3 heteroatoms. The first-order valence-corrected chi connectivity index (χ1v) is 16.8. The molecule has 11 aromatic rings. The summed E-state index contributed by atoms with van der Waals surface area (Å²) >= 11 is 0. The Morgan fingerprint density at radius 1 is 0.347 bits per heavy atom. The van der Waals surface area contributed by atoms with Crippen LogP contribution >= 0.6 is 0 Å². The molecule has 0 saturated heterocycles. The molecule has 0 aliphatic heterocycles. The molecule has 0 N–H and O–H groups in total. The smallest absolute Gasteiger partial charge is 0.136 e. The van der Waals surface area contributed by atoms with E-state index >= 15 is 0 Å². The molecule has 0 fully saturated rings. The molecule has 0 aliphatic carbocycles. The van der Waals surface area contributed by atoms with E-state index in [0.29, 0.717) is 0 Å². The number of rotatable bonds is 3. The van der Waals surface area contributed by atoms with E-state index in [1.54, 1.807) is 0 Å². The van der Waals surface area contributed by atoms with E-state index in [4.69, 9.17) is 4.42 Å². The Labute approximate surface area is 281 Å². The summed E-state index contributed by atoms with van der Waals surface area (Å²) in [7, 11) is 0. The van der Waals surface area contributed by atoms with Gasteiger partial charge in [-0.1, -0.05) is 121 Å². The molecule has 3 nitrogen and oxygen atoms in total. The molecule has 11 rings (SSSR count). The lowest BCUT2D eigenvalue weighted by molar-refractivity contribution is 0.669. The average molecular weight is 625 g/mol. The number of hydrogen-bond acceptors (Lipinski definition) is 1. The Bertz CT molecular complexity index is 3090. The van der Waals surface area contributed by atoms with Gasteiger partial charge >= 0.3 is 0 Å². The first kappa shape index (κ1) is 26.5. The summed E-state index contributed by atoms with van der Waals surface area (Å²) in [5.41, 5.74) is 11.3. The average Bonchev–Trinajstić information content (AvgIpc) is 3.83. The normalized spacial score (nSPS) is 12.1. The van der Waals surface area contributed by atoms with Crippen molar-refractivity contribution in [3.63, 3.8) is 0 Å². The molecular formula is C46H28N2O. The van der Waals surface area contributed by atoms with Crippen LogP contribution in [0.2, 0.25) is 0 Å². The van der Waals surface area contributed by atoms with Gasteiger partial charge in [0.2, 0.25) is 0 Å². The van der Waals surface area contributed by atoms with Gasteiger partial charge in [0.25, 0.3) is 0 Å². The summed E-state index contributed by atoms with van der Waals surface area (Å²) in [6.45, 7) is 0. The number of nitrogens with zero attached hydrogens (tertiary/aromatic N) is 2. The van der Waals surface area contributed by atoms with Crippen LogP contribution in [0.25, 0.3) is 98.8 Å². The van der Waals surface area contributed by atoms with E-state index in [2.05, 4.69) is 167 Å². The van der Waals surface area contributed by atoms with E-state index in [1.807, 2.05) is 12.1 Å². The standard InChI is InChI=1S/C46H28N2O/c1-2-12-31(13-3-1)47-39-18-8-6-15-35(39)36-27-28-40-44(46(36)47)38-26-23-29-11-4-5-14-34(29)45(38)48(40)32-24-21-30(22-25-32)33-17-10-20-42-43(33)37-16-7-9-19-41(37)49-42/h1-28H. The lowest BCUT2D eigenvalue weighted by Gasteiger charge is -2.12. The number of hydrogen-bond donors (Lipinski definition) is 0. The van der Waals surface area contributed by atoms with Crippen molar-refractivity contribution < 1.29 is 4.42 Å². The Kier molecular flexibility index (Phi) is 5.38. The quantitative estimate of drug-likeness (QED) is 0.192. The largest absolute Gasteiger partial charge is 0.456 e. The molecule has 3 heterocycles. The van der Waals surface area contributed by atoms with Crippen LogP contribution in [0.5, 0.6) is 0 Å². The third kappa shape index (κ3) is 3.67. The summed E-state index contributed by atoms with van der Waals surface area (Å²) in [5.74, 6) is 0. The van der Waals surface area contributed by atoms with Crippen LogP contribution in [0.3, 0.4) is 0 Å². The summed E-state index contributed by atoms with van der Waals surface area (Å²) < 4.78 is 11.1. The molecule has 0 aliphatic rings. The van der Waals surface area contributed by atoms with E-state index < -0.39 is 0 Å². The third-order valence-electron chi connectivity index (χ3n) is 10.3. The maximum atomic E-state index is 6.23. The first-order valence-electron chi connectivity index (χ1n) is 16.8. The van der Waals surface area contributed by atoms with E-state index in [0.717, 1.165) is 38.9 Å². The highest BCUT2D eigenvalue weighted by atomic mass is 16.3. The SMILES string of the molecule is c1ccc(-n2c3ccccc3c3ccc4c(c5ccc6ccccc6c5n4-c4ccc(-c5cccc6oc7ccccc7c56)cc4)c32)cc1. The number of fused-ring (bicyclic) bond motifs is 12. The van der Waals surface area contributed by atoms with Crippen molar-refractivity contribution >= 4 is 76.3 Å². The van der Waals surface area contributed by atoms with Crippen LogP contribution in [0.15, 0.2) is 174 Å². The number of benzene rings is 8. The molecule has 3 aromatic heterocycles. The molecule has 0 amide bonds. The lowest BCUT2D eigenvalue weighted by Crippen LogP contribution is -1.95. The van der Waals surface area contributed by atoms with Gasteiger partial charge in [-0.25, -0.2) is 0 Å². The Morgan fingerprint density at radius 2 is 1.02 bits per heavy atom. The number of aromatic nitrogens is 2. The van der Waals surface area contributed by atoms with Gasteiger partial charge < -0.3 is 13.6 Å². The summed E-state index contributed by atoms with van der Waals surface area (Å²) in [6.07, 6.45) is 0. The van der Waals surface area contributed by atoms with Gasteiger partial charge in [0.05, 0.1) is 22.1 Å². The highest BCUT2D eigenvalue weighted by molar-refractivity contribution is 6.29. The molecule has 49 heavy (non-hydrogen) atoms.